The van der Waals surface area contributed by atoms with Crippen molar-refractivity contribution in [3.63, 3.8) is 0 Å². The zero-order valence-corrected chi connectivity index (χ0v) is 18.7. The number of hydrogen-bond acceptors (Lipinski definition) is 4. The second-order valence-electron chi connectivity index (χ2n) is 8.69. The van der Waals surface area contributed by atoms with E-state index in [1.54, 1.807) is 4.90 Å². The van der Waals surface area contributed by atoms with Crippen LogP contribution in [0.3, 0.4) is 0 Å². The number of benzene rings is 2. The van der Waals surface area contributed by atoms with E-state index in [0.29, 0.717) is 39.1 Å². The van der Waals surface area contributed by atoms with Gasteiger partial charge in [-0.3, -0.25) is 4.79 Å². The summed E-state index contributed by atoms with van der Waals surface area (Å²) < 4.78 is 11.3. The zero-order chi connectivity index (χ0) is 22.5. The molecular weight excluding hydrogens is 406 g/mol. The van der Waals surface area contributed by atoms with Gasteiger partial charge in [-0.25, -0.2) is 4.79 Å². The Bertz CT molecular complexity index is 939. The van der Waals surface area contributed by atoms with Gasteiger partial charge in [-0.1, -0.05) is 38.1 Å². The number of nitrogens with zero attached hydrogens (tertiary/aromatic N) is 1. The van der Waals surface area contributed by atoms with Crippen LogP contribution in [-0.4, -0.2) is 43.1 Å². The van der Waals surface area contributed by atoms with E-state index in [1.165, 1.54) is 0 Å². The standard InChI is InChI=1S/C25H31N3O4/c1-17(2)23(19-8-9-21-22(16-19)32-15-14-31-21)27-24(29)18-10-12-28(13-11-18)25(30)26-20-6-4-3-5-7-20/h3-9,16-18,23H,10-15H2,1-2H3,(H,26,30)(H,27,29)/t23-/m0/s1. The normalized spacial score (nSPS) is 17.0. The number of carbonyl (C=O) groups excluding carboxylic acids is 2. The topological polar surface area (TPSA) is 79.9 Å². The number of carbonyl (C=O) groups is 2. The van der Waals surface area contributed by atoms with Crippen molar-refractivity contribution >= 4 is 17.6 Å². The van der Waals surface area contributed by atoms with E-state index >= 15 is 0 Å². The molecule has 32 heavy (non-hydrogen) atoms. The fourth-order valence-electron chi connectivity index (χ4n) is 4.23. The van der Waals surface area contributed by atoms with Crippen LogP contribution in [0.5, 0.6) is 11.5 Å². The first kappa shape index (κ1) is 22.0. The second kappa shape index (κ2) is 9.94. The number of hydrogen-bond donors (Lipinski definition) is 2. The number of piperidine rings is 1. The van der Waals surface area contributed by atoms with Crippen LogP contribution in [0.25, 0.3) is 0 Å². The average molecular weight is 438 g/mol. The molecule has 0 aromatic heterocycles. The Morgan fingerprint density at radius 1 is 0.969 bits per heavy atom. The second-order valence-corrected chi connectivity index (χ2v) is 8.69. The molecule has 7 heteroatoms. The summed E-state index contributed by atoms with van der Waals surface area (Å²) in [5.74, 6) is 1.63. The van der Waals surface area contributed by atoms with Gasteiger partial charge in [0.2, 0.25) is 5.91 Å². The Kier molecular flexibility index (Phi) is 6.83. The first-order valence-electron chi connectivity index (χ1n) is 11.3. The molecule has 3 amide bonds. The van der Waals surface area contributed by atoms with Crippen molar-refractivity contribution in [2.75, 3.05) is 31.6 Å². The molecule has 1 fully saturated rings. The van der Waals surface area contributed by atoms with Crippen molar-refractivity contribution < 1.29 is 19.1 Å². The van der Waals surface area contributed by atoms with E-state index in [0.717, 1.165) is 22.7 Å². The van der Waals surface area contributed by atoms with Crippen LogP contribution in [0.2, 0.25) is 0 Å². The molecule has 0 spiro atoms. The molecule has 0 radical (unpaired) electrons. The first-order chi connectivity index (χ1) is 15.5. The molecular formula is C25H31N3O4. The van der Waals surface area contributed by atoms with E-state index in [-0.39, 0.29) is 29.8 Å². The number of fused-ring (bicyclic) bond motifs is 1. The van der Waals surface area contributed by atoms with Crippen LogP contribution in [-0.2, 0) is 4.79 Å². The molecule has 0 aliphatic carbocycles. The minimum atomic E-state index is -0.119. The Morgan fingerprint density at radius 3 is 2.34 bits per heavy atom. The molecule has 0 bridgehead atoms. The summed E-state index contributed by atoms with van der Waals surface area (Å²) in [6, 6.07) is 15.1. The van der Waals surface area contributed by atoms with Gasteiger partial charge in [-0.15, -0.1) is 0 Å². The summed E-state index contributed by atoms with van der Waals surface area (Å²) in [4.78, 5) is 27.3. The van der Waals surface area contributed by atoms with Gasteiger partial charge in [-0.2, -0.15) is 0 Å². The van der Waals surface area contributed by atoms with Gasteiger partial charge in [-0.05, 0) is 48.6 Å². The van der Waals surface area contributed by atoms with Crippen molar-refractivity contribution in [3.8, 4) is 11.5 Å². The third kappa shape index (κ3) is 5.15. The largest absolute Gasteiger partial charge is 0.486 e. The van der Waals surface area contributed by atoms with Crippen molar-refractivity contribution in [1.82, 2.24) is 10.2 Å². The quantitative estimate of drug-likeness (QED) is 0.734. The fraction of sp³-hybridized carbons (Fsp3) is 0.440. The monoisotopic (exact) mass is 437 g/mol. The molecule has 1 atom stereocenters. The first-order valence-corrected chi connectivity index (χ1v) is 11.3. The van der Waals surface area contributed by atoms with E-state index < -0.39 is 0 Å². The lowest BCUT2D eigenvalue weighted by Crippen LogP contribution is -2.45. The van der Waals surface area contributed by atoms with Crippen molar-refractivity contribution in [3.05, 3.63) is 54.1 Å². The molecule has 170 valence electrons. The number of urea groups is 1. The molecule has 0 saturated carbocycles. The smallest absolute Gasteiger partial charge is 0.321 e. The van der Waals surface area contributed by atoms with Crippen LogP contribution in [0.4, 0.5) is 10.5 Å². The number of ether oxygens (including phenoxy) is 2. The molecule has 7 nitrogen and oxygen atoms in total. The van der Waals surface area contributed by atoms with Gasteiger partial charge in [0, 0.05) is 24.7 Å². The molecule has 2 aliphatic rings. The number of anilines is 1. The Balaban J connectivity index is 1.33. The van der Waals surface area contributed by atoms with Gasteiger partial charge in [0.25, 0.3) is 0 Å². The number of para-hydroxylation sites is 1. The number of likely N-dealkylation sites (tertiary alicyclic amines) is 1. The van der Waals surface area contributed by atoms with E-state index in [1.807, 2.05) is 48.5 Å². The molecule has 0 unspecified atom stereocenters. The van der Waals surface area contributed by atoms with Crippen LogP contribution >= 0.6 is 0 Å². The Morgan fingerprint density at radius 2 is 1.66 bits per heavy atom. The predicted octanol–water partition coefficient (Wildman–Crippen LogP) is 4.22. The highest BCUT2D eigenvalue weighted by Gasteiger charge is 2.30. The molecule has 2 aliphatic heterocycles. The van der Waals surface area contributed by atoms with Gasteiger partial charge in [0.05, 0.1) is 6.04 Å². The van der Waals surface area contributed by atoms with Crippen LogP contribution < -0.4 is 20.1 Å². The molecule has 2 N–H and O–H groups in total. The lowest BCUT2D eigenvalue weighted by molar-refractivity contribution is -0.127. The van der Waals surface area contributed by atoms with Gasteiger partial charge >= 0.3 is 6.03 Å². The Hall–Kier alpha value is -3.22. The van der Waals surface area contributed by atoms with Gasteiger partial charge < -0.3 is 25.0 Å². The summed E-state index contributed by atoms with van der Waals surface area (Å²) in [7, 11) is 0. The third-order valence-electron chi connectivity index (χ3n) is 6.07. The zero-order valence-electron chi connectivity index (χ0n) is 18.7. The summed E-state index contributed by atoms with van der Waals surface area (Å²) in [5.41, 5.74) is 1.79. The maximum Gasteiger partial charge on any atom is 0.321 e. The summed E-state index contributed by atoms with van der Waals surface area (Å²) >= 11 is 0. The molecule has 2 aromatic rings. The van der Waals surface area contributed by atoms with Crippen molar-refractivity contribution in [2.45, 2.75) is 32.7 Å². The minimum Gasteiger partial charge on any atom is -0.486 e. The fourth-order valence-corrected chi connectivity index (χ4v) is 4.23. The lowest BCUT2D eigenvalue weighted by atomic mass is 9.92. The molecule has 4 rings (SSSR count). The van der Waals surface area contributed by atoms with Crippen LogP contribution in [0.1, 0.15) is 38.3 Å². The van der Waals surface area contributed by atoms with E-state index in [9.17, 15) is 9.59 Å². The lowest BCUT2D eigenvalue weighted by Gasteiger charge is -2.33. The highest BCUT2D eigenvalue weighted by Crippen LogP contribution is 2.34. The maximum atomic E-state index is 13.1. The van der Waals surface area contributed by atoms with E-state index in [4.69, 9.17) is 9.47 Å². The molecule has 2 heterocycles. The highest BCUT2D eigenvalue weighted by atomic mass is 16.6. The predicted molar refractivity (Wildman–Crippen MR) is 123 cm³/mol. The summed E-state index contributed by atoms with van der Waals surface area (Å²) in [6.45, 7) is 6.40. The summed E-state index contributed by atoms with van der Waals surface area (Å²) in [5, 5.41) is 6.15. The van der Waals surface area contributed by atoms with E-state index in [2.05, 4.69) is 24.5 Å². The van der Waals surface area contributed by atoms with Gasteiger partial charge in [0.1, 0.15) is 13.2 Å². The summed E-state index contributed by atoms with van der Waals surface area (Å²) in [6.07, 6.45) is 1.31. The maximum absolute atomic E-state index is 13.1. The van der Waals surface area contributed by atoms with Gasteiger partial charge in [0.15, 0.2) is 11.5 Å². The number of amides is 3. The number of rotatable bonds is 5. The van der Waals surface area contributed by atoms with Crippen molar-refractivity contribution in [1.29, 1.82) is 0 Å². The highest BCUT2D eigenvalue weighted by molar-refractivity contribution is 5.89. The minimum absolute atomic E-state index is 0.0432. The molecule has 2 aromatic carbocycles. The molecule has 1 saturated heterocycles. The third-order valence-corrected chi connectivity index (χ3v) is 6.07. The SMILES string of the molecule is CC(C)[C@H](NC(=O)C1CCN(C(=O)Nc2ccccc2)CC1)c1ccc2c(c1)OCCO2. The Labute approximate surface area is 189 Å². The van der Waals surface area contributed by atoms with Crippen LogP contribution in [0, 0.1) is 11.8 Å². The van der Waals surface area contributed by atoms with Crippen molar-refractivity contribution in [2.24, 2.45) is 11.8 Å². The average Bonchev–Trinajstić information content (AvgIpc) is 2.82. The number of nitrogens with one attached hydrogen (secondary N) is 2. The van der Waals surface area contributed by atoms with Crippen LogP contribution in [0.15, 0.2) is 48.5 Å².